The molecule has 0 aliphatic carbocycles. The van der Waals surface area contributed by atoms with E-state index in [0.717, 1.165) is 6.54 Å². The second-order valence-electron chi connectivity index (χ2n) is 4.87. The molecule has 1 aromatic heterocycles. The average Bonchev–Trinajstić information content (AvgIpc) is 2.67. The van der Waals surface area contributed by atoms with Crippen molar-refractivity contribution in [3.05, 3.63) is 21.9 Å². The lowest BCUT2D eigenvalue weighted by Gasteiger charge is -2.22. The Hall–Kier alpha value is -0.380. The molecular weight excluding hydrogens is 228 g/mol. The van der Waals surface area contributed by atoms with Crippen molar-refractivity contribution in [2.45, 2.75) is 45.7 Å². The molecule has 1 atom stereocenters. The third-order valence-electron chi connectivity index (χ3n) is 3.50. The van der Waals surface area contributed by atoms with Crippen LogP contribution in [0.25, 0.3) is 0 Å². The predicted molar refractivity (Wildman–Crippen MR) is 75.7 cm³/mol. The molecule has 96 valence electrons. The Morgan fingerprint density at radius 1 is 1.35 bits per heavy atom. The Balaban J connectivity index is 1.92. The van der Waals surface area contributed by atoms with Crippen LogP contribution in [0.1, 0.15) is 36.4 Å². The fourth-order valence-electron chi connectivity index (χ4n) is 2.41. The fraction of sp³-hybridized carbons (Fsp3) is 0.714. The third kappa shape index (κ3) is 3.80. The van der Waals surface area contributed by atoms with E-state index in [9.17, 15) is 0 Å². The summed E-state index contributed by atoms with van der Waals surface area (Å²) in [5, 5.41) is 3.63. The highest BCUT2D eigenvalue weighted by Gasteiger charge is 2.16. The van der Waals surface area contributed by atoms with Crippen LogP contribution in [0.4, 0.5) is 0 Å². The number of hydrogen-bond acceptors (Lipinski definition) is 3. The molecule has 2 rings (SSSR count). The van der Waals surface area contributed by atoms with Crippen molar-refractivity contribution in [1.29, 1.82) is 0 Å². The summed E-state index contributed by atoms with van der Waals surface area (Å²) in [6.45, 7) is 9.28. The minimum atomic E-state index is 0.683. The summed E-state index contributed by atoms with van der Waals surface area (Å²) in [4.78, 5) is 5.65. The summed E-state index contributed by atoms with van der Waals surface area (Å²) in [7, 11) is 0. The molecule has 1 aliphatic heterocycles. The van der Waals surface area contributed by atoms with Crippen molar-refractivity contribution < 1.29 is 0 Å². The second-order valence-corrected chi connectivity index (χ2v) is 6.12. The van der Waals surface area contributed by atoms with Gasteiger partial charge in [0, 0.05) is 28.9 Å². The maximum Gasteiger partial charge on any atom is 0.0328 e. The van der Waals surface area contributed by atoms with Gasteiger partial charge in [-0.1, -0.05) is 13.8 Å². The highest BCUT2D eigenvalue weighted by molar-refractivity contribution is 7.11. The minimum absolute atomic E-state index is 0.683. The Labute approximate surface area is 109 Å². The summed E-state index contributed by atoms with van der Waals surface area (Å²) in [6.07, 6.45) is 3.69. The molecule has 1 unspecified atom stereocenters. The van der Waals surface area contributed by atoms with Gasteiger partial charge in [0.15, 0.2) is 0 Å². The zero-order valence-corrected chi connectivity index (χ0v) is 11.9. The van der Waals surface area contributed by atoms with Crippen LogP contribution in [0.5, 0.6) is 0 Å². The zero-order chi connectivity index (χ0) is 12.1. The van der Waals surface area contributed by atoms with Gasteiger partial charge >= 0.3 is 0 Å². The molecule has 2 heterocycles. The zero-order valence-electron chi connectivity index (χ0n) is 11.0. The van der Waals surface area contributed by atoms with Crippen LogP contribution < -0.4 is 5.32 Å². The van der Waals surface area contributed by atoms with E-state index in [1.54, 1.807) is 0 Å². The van der Waals surface area contributed by atoms with Crippen molar-refractivity contribution >= 4 is 11.3 Å². The van der Waals surface area contributed by atoms with Crippen molar-refractivity contribution in [1.82, 2.24) is 10.2 Å². The normalized spacial score (nSPS) is 22.6. The van der Waals surface area contributed by atoms with Crippen LogP contribution in [0.2, 0.25) is 0 Å². The summed E-state index contributed by atoms with van der Waals surface area (Å²) >= 11 is 1.98. The first-order valence-corrected chi connectivity index (χ1v) is 7.66. The lowest BCUT2D eigenvalue weighted by atomic mass is 10.2. The monoisotopic (exact) mass is 252 g/mol. The predicted octanol–water partition coefficient (Wildman–Crippen LogP) is 2.88. The number of rotatable bonds is 4. The van der Waals surface area contributed by atoms with E-state index in [0.29, 0.717) is 6.04 Å². The Morgan fingerprint density at radius 2 is 2.18 bits per heavy atom. The summed E-state index contributed by atoms with van der Waals surface area (Å²) in [5.74, 6) is 0. The number of hydrogen-bond donors (Lipinski definition) is 1. The van der Waals surface area contributed by atoms with Crippen LogP contribution in [0.15, 0.2) is 12.1 Å². The minimum Gasteiger partial charge on any atom is -0.313 e. The fourth-order valence-corrected chi connectivity index (χ4v) is 3.41. The second kappa shape index (κ2) is 6.53. The van der Waals surface area contributed by atoms with Crippen LogP contribution in [0, 0.1) is 0 Å². The van der Waals surface area contributed by atoms with Crippen molar-refractivity contribution in [3.63, 3.8) is 0 Å². The lowest BCUT2D eigenvalue weighted by Crippen LogP contribution is -2.36. The molecule has 1 fully saturated rings. The summed E-state index contributed by atoms with van der Waals surface area (Å²) in [6, 6.07) is 5.28. The summed E-state index contributed by atoms with van der Waals surface area (Å²) in [5.41, 5.74) is 0. The smallest absolute Gasteiger partial charge is 0.0328 e. The largest absolute Gasteiger partial charge is 0.313 e. The number of thiophene rings is 1. The van der Waals surface area contributed by atoms with Gasteiger partial charge in [-0.2, -0.15) is 0 Å². The van der Waals surface area contributed by atoms with Gasteiger partial charge in [0.2, 0.25) is 0 Å². The quantitative estimate of drug-likeness (QED) is 0.886. The Morgan fingerprint density at radius 3 is 2.88 bits per heavy atom. The molecule has 0 aromatic carbocycles. The SMILES string of the molecule is CCc1ccc(CN2CCCNC(CC)C2)s1. The van der Waals surface area contributed by atoms with E-state index in [-0.39, 0.29) is 0 Å². The first kappa shape index (κ1) is 13.1. The number of nitrogens with zero attached hydrogens (tertiary/aromatic N) is 1. The standard InChI is InChI=1S/C14H24N2S/c1-3-12-10-16(9-5-8-15-12)11-14-7-6-13(4-2)17-14/h6-7,12,15H,3-5,8-11H2,1-2H3. The highest BCUT2D eigenvalue weighted by atomic mass is 32.1. The van der Waals surface area contributed by atoms with E-state index >= 15 is 0 Å². The maximum atomic E-state index is 3.63. The molecule has 0 amide bonds. The van der Waals surface area contributed by atoms with Crippen molar-refractivity contribution in [3.8, 4) is 0 Å². The molecule has 0 saturated carbocycles. The van der Waals surface area contributed by atoms with E-state index in [4.69, 9.17) is 0 Å². The topological polar surface area (TPSA) is 15.3 Å². The van der Waals surface area contributed by atoms with Crippen molar-refractivity contribution in [2.24, 2.45) is 0 Å². The van der Waals surface area contributed by atoms with E-state index in [2.05, 4.69) is 36.2 Å². The van der Waals surface area contributed by atoms with Crippen LogP contribution in [-0.4, -0.2) is 30.6 Å². The molecule has 17 heavy (non-hydrogen) atoms. The van der Waals surface area contributed by atoms with Gasteiger partial charge in [-0.3, -0.25) is 4.90 Å². The molecule has 0 bridgehead atoms. The van der Waals surface area contributed by atoms with Crippen LogP contribution >= 0.6 is 11.3 Å². The molecule has 0 spiro atoms. The van der Waals surface area contributed by atoms with Gasteiger partial charge in [0.1, 0.15) is 0 Å². The van der Waals surface area contributed by atoms with Gasteiger partial charge < -0.3 is 5.32 Å². The number of aryl methyl sites for hydroxylation is 1. The Bertz CT molecular complexity index is 335. The van der Waals surface area contributed by atoms with Gasteiger partial charge in [-0.25, -0.2) is 0 Å². The molecule has 2 nitrogen and oxygen atoms in total. The maximum absolute atomic E-state index is 3.63. The van der Waals surface area contributed by atoms with Gasteiger partial charge in [-0.15, -0.1) is 11.3 Å². The van der Waals surface area contributed by atoms with Gasteiger partial charge in [-0.05, 0) is 44.5 Å². The van der Waals surface area contributed by atoms with E-state index in [1.807, 2.05) is 11.3 Å². The van der Waals surface area contributed by atoms with Crippen molar-refractivity contribution in [2.75, 3.05) is 19.6 Å². The van der Waals surface area contributed by atoms with Gasteiger partial charge in [0.05, 0.1) is 0 Å². The van der Waals surface area contributed by atoms with Gasteiger partial charge in [0.25, 0.3) is 0 Å². The van der Waals surface area contributed by atoms with E-state index in [1.165, 1.54) is 48.7 Å². The molecule has 1 N–H and O–H groups in total. The summed E-state index contributed by atoms with van der Waals surface area (Å²) < 4.78 is 0. The van der Waals surface area contributed by atoms with Crippen LogP contribution in [0.3, 0.4) is 0 Å². The molecular formula is C14H24N2S. The first-order valence-electron chi connectivity index (χ1n) is 6.85. The molecule has 1 saturated heterocycles. The number of nitrogens with one attached hydrogen (secondary N) is 1. The lowest BCUT2D eigenvalue weighted by molar-refractivity contribution is 0.259. The molecule has 1 aromatic rings. The Kier molecular flexibility index (Phi) is 5.01. The highest BCUT2D eigenvalue weighted by Crippen LogP contribution is 2.19. The first-order chi connectivity index (χ1) is 8.31. The molecule has 0 radical (unpaired) electrons. The van der Waals surface area contributed by atoms with E-state index < -0.39 is 0 Å². The molecule has 3 heteroatoms. The third-order valence-corrected chi connectivity index (χ3v) is 4.72. The average molecular weight is 252 g/mol. The molecule has 1 aliphatic rings. The van der Waals surface area contributed by atoms with Crippen LogP contribution in [-0.2, 0) is 13.0 Å².